The first kappa shape index (κ1) is 17.1. The molecule has 2 N–H and O–H groups in total. The standard InChI is InChI=1S/C18H21FN4O2/c1-2-3-4-8-20-15(24)7-9-23-11-21-16-13-10-12(19)5-6-14(13)22-17(16)18(23)25/h5-6,10-11,22H,2-4,7-9H2,1H3,(H,20,24). The van der Waals surface area contributed by atoms with Crippen molar-refractivity contribution in [2.75, 3.05) is 6.54 Å². The summed E-state index contributed by atoms with van der Waals surface area (Å²) in [4.78, 5) is 31.7. The number of fused-ring (bicyclic) bond motifs is 3. The molecule has 0 saturated carbocycles. The van der Waals surface area contributed by atoms with Gasteiger partial charge in [-0.2, -0.15) is 0 Å². The molecule has 132 valence electrons. The summed E-state index contributed by atoms with van der Waals surface area (Å²) < 4.78 is 14.8. The summed E-state index contributed by atoms with van der Waals surface area (Å²) >= 11 is 0. The van der Waals surface area contributed by atoms with Gasteiger partial charge in [0, 0.05) is 30.4 Å². The topological polar surface area (TPSA) is 79.8 Å². The van der Waals surface area contributed by atoms with Gasteiger partial charge in [-0.1, -0.05) is 19.8 Å². The number of hydrogen-bond donors (Lipinski definition) is 2. The van der Waals surface area contributed by atoms with Crippen LogP contribution in [0.4, 0.5) is 4.39 Å². The monoisotopic (exact) mass is 344 g/mol. The van der Waals surface area contributed by atoms with E-state index >= 15 is 0 Å². The molecular weight excluding hydrogens is 323 g/mol. The fourth-order valence-electron chi connectivity index (χ4n) is 2.83. The molecule has 3 aromatic rings. The molecule has 0 aliphatic heterocycles. The van der Waals surface area contributed by atoms with Crippen LogP contribution < -0.4 is 10.9 Å². The number of unbranched alkanes of at least 4 members (excludes halogenated alkanes) is 2. The van der Waals surface area contributed by atoms with Crippen molar-refractivity contribution in [2.24, 2.45) is 0 Å². The van der Waals surface area contributed by atoms with Crippen molar-refractivity contribution in [3.8, 4) is 0 Å². The minimum absolute atomic E-state index is 0.0817. The maximum atomic E-state index is 13.4. The number of nitrogens with one attached hydrogen (secondary N) is 2. The number of halogens is 1. The number of amides is 1. The van der Waals surface area contributed by atoms with Crippen LogP contribution in [-0.4, -0.2) is 27.0 Å². The second-order valence-electron chi connectivity index (χ2n) is 6.09. The zero-order valence-corrected chi connectivity index (χ0v) is 14.1. The first-order valence-electron chi connectivity index (χ1n) is 8.53. The Morgan fingerprint density at radius 3 is 3.00 bits per heavy atom. The number of carbonyl (C=O) groups is 1. The number of H-pyrrole nitrogens is 1. The Morgan fingerprint density at radius 2 is 2.20 bits per heavy atom. The number of hydrogen-bond acceptors (Lipinski definition) is 3. The van der Waals surface area contributed by atoms with Crippen LogP contribution >= 0.6 is 0 Å². The van der Waals surface area contributed by atoms with Crippen molar-refractivity contribution in [3.63, 3.8) is 0 Å². The second kappa shape index (κ2) is 7.46. The quantitative estimate of drug-likeness (QED) is 0.647. The Labute approximate surface area is 144 Å². The molecule has 2 aromatic heterocycles. The zero-order chi connectivity index (χ0) is 17.8. The van der Waals surface area contributed by atoms with Crippen LogP contribution in [0.1, 0.15) is 32.6 Å². The summed E-state index contributed by atoms with van der Waals surface area (Å²) in [5, 5.41) is 3.42. The summed E-state index contributed by atoms with van der Waals surface area (Å²) in [6, 6.07) is 4.27. The SMILES string of the molecule is CCCCCNC(=O)CCn1cnc2c([nH]c3ccc(F)cc32)c1=O. The Hall–Kier alpha value is -2.70. The van der Waals surface area contributed by atoms with Gasteiger partial charge >= 0.3 is 0 Å². The molecule has 0 fully saturated rings. The van der Waals surface area contributed by atoms with E-state index in [1.165, 1.54) is 23.0 Å². The molecule has 3 rings (SSSR count). The lowest BCUT2D eigenvalue weighted by Crippen LogP contribution is -2.28. The second-order valence-corrected chi connectivity index (χ2v) is 6.09. The van der Waals surface area contributed by atoms with Gasteiger partial charge < -0.3 is 10.3 Å². The number of aromatic amines is 1. The maximum absolute atomic E-state index is 13.4. The first-order valence-corrected chi connectivity index (χ1v) is 8.53. The average molecular weight is 344 g/mol. The molecule has 7 heteroatoms. The van der Waals surface area contributed by atoms with Gasteiger partial charge in [-0.15, -0.1) is 0 Å². The van der Waals surface area contributed by atoms with Gasteiger partial charge in [0.05, 0.1) is 6.33 Å². The molecule has 2 heterocycles. The lowest BCUT2D eigenvalue weighted by Gasteiger charge is -2.06. The smallest absolute Gasteiger partial charge is 0.277 e. The Kier molecular flexibility index (Phi) is 5.11. The third-order valence-electron chi connectivity index (χ3n) is 4.22. The highest BCUT2D eigenvalue weighted by Gasteiger charge is 2.12. The fraction of sp³-hybridized carbons (Fsp3) is 0.389. The van der Waals surface area contributed by atoms with Crippen molar-refractivity contribution >= 4 is 27.8 Å². The van der Waals surface area contributed by atoms with Gasteiger partial charge in [0.2, 0.25) is 5.91 Å². The van der Waals surface area contributed by atoms with Crippen molar-refractivity contribution in [1.82, 2.24) is 19.9 Å². The van der Waals surface area contributed by atoms with Crippen molar-refractivity contribution in [1.29, 1.82) is 0 Å². The molecule has 25 heavy (non-hydrogen) atoms. The van der Waals surface area contributed by atoms with E-state index in [1.54, 1.807) is 6.07 Å². The predicted octanol–water partition coefficient (Wildman–Crippen LogP) is 2.71. The predicted molar refractivity (Wildman–Crippen MR) is 95.0 cm³/mol. The first-order chi connectivity index (χ1) is 12.1. The molecule has 0 radical (unpaired) electrons. The number of carbonyl (C=O) groups excluding carboxylic acids is 1. The summed E-state index contributed by atoms with van der Waals surface area (Å²) in [6.45, 7) is 3.02. The lowest BCUT2D eigenvalue weighted by atomic mass is 10.2. The van der Waals surface area contributed by atoms with Crippen LogP contribution in [0.25, 0.3) is 21.9 Å². The van der Waals surface area contributed by atoms with E-state index in [0.29, 0.717) is 28.5 Å². The summed E-state index contributed by atoms with van der Waals surface area (Å²) in [6.07, 6.45) is 4.77. The highest BCUT2D eigenvalue weighted by molar-refractivity contribution is 6.04. The van der Waals surface area contributed by atoms with Crippen LogP contribution in [0.5, 0.6) is 0 Å². The van der Waals surface area contributed by atoms with E-state index in [-0.39, 0.29) is 30.2 Å². The van der Waals surface area contributed by atoms with Gasteiger partial charge in [-0.05, 0) is 24.6 Å². The van der Waals surface area contributed by atoms with E-state index < -0.39 is 0 Å². The molecule has 0 unspecified atom stereocenters. The van der Waals surface area contributed by atoms with Crippen LogP contribution in [-0.2, 0) is 11.3 Å². The molecule has 0 aliphatic rings. The maximum Gasteiger partial charge on any atom is 0.277 e. The normalized spacial score (nSPS) is 11.3. The molecule has 0 spiro atoms. The minimum Gasteiger partial charge on any atom is -0.356 e. The zero-order valence-electron chi connectivity index (χ0n) is 14.1. The fourth-order valence-corrected chi connectivity index (χ4v) is 2.83. The Bertz CT molecular complexity index is 961. The van der Waals surface area contributed by atoms with Crippen molar-refractivity contribution < 1.29 is 9.18 Å². The van der Waals surface area contributed by atoms with E-state index in [1.807, 2.05) is 0 Å². The number of aryl methyl sites for hydroxylation is 1. The molecule has 1 aromatic carbocycles. The van der Waals surface area contributed by atoms with Crippen LogP contribution in [0.2, 0.25) is 0 Å². The molecule has 6 nitrogen and oxygen atoms in total. The molecule has 0 bridgehead atoms. The number of nitrogens with zero attached hydrogens (tertiary/aromatic N) is 2. The van der Waals surface area contributed by atoms with E-state index in [2.05, 4.69) is 22.2 Å². The van der Waals surface area contributed by atoms with Gasteiger partial charge in [-0.3, -0.25) is 14.2 Å². The van der Waals surface area contributed by atoms with Gasteiger partial charge in [-0.25, -0.2) is 9.37 Å². The largest absolute Gasteiger partial charge is 0.356 e. The summed E-state index contributed by atoms with van der Waals surface area (Å²) in [5.74, 6) is -0.457. The number of benzene rings is 1. The van der Waals surface area contributed by atoms with Gasteiger partial charge in [0.15, 0.2) is 0 Å². The molecule has 0 saturated heterocycles. The lowest BCUT2D eigenvalue weighted by molar-refractivity contribution is -0.121. The molecule has 1 amide bonds. The minimum atomic E-state index is -0.376. The van der Waals surface area contributed by atoms with E-state index in [4.69, 9.17) is 0 Å². The number of aromatic nitrogens is 3. The van der Waals surface area contributed by atoms with E-state index in [0.717, 1.165) is 19.3 Å². The van der Waals surface area contributed by atoms with Gasteiger partial charge in [0.25, 0.3) is 5.56 Å². The van der Waals surface area contributed by atoms with Crippen molar-refractivity contribution in [2.45, 2.75) is 39.2 Å². The Balaban J connectivity index is 1.75. The third kappa shape index (κ3) is 3.70. The van der Waals surface area contributed by atoms with E-state index in [9.17, 15) is 14.0 Å². The van der Waals surface area contributed by atoms with Gasteiger partial charge in [0.1, 0.15) is 16.9 Å². The van der Waals surface area contributed by atoms with Crippen molar-refractivity contribution in [3.05, 3.63) is 40.7 Å². The molecule has 0 atom stereocenters. The van der Waals surface area contributed by atoms with Crippen LogP contribution in [0.3, 0.4) is 0 Å². The Morgan fingerprint density at radius 1 is 1.36 bits per heavy atom. The summed E-state index contributed by atoms with van der Waals surface area (Å²) in [7, 11) is 0. The highest BCUT2D eigenvalue weighted by Crippen LogP contribution is 2.21. The molecular formula is C18H21FN4O2. The average Bonchev–Trinajstić information content (AvgIpc) is 2.97. The molecule has 0 aliphatic carbocycles. The van der Waals surface area contributed by atoms with Crippen LogP contribution in [0, 0.1) is 5.82 Å². The van der Waals surface area contributed by atoms with Crippen LogP contribution in [0.15, 0.2) is 29.3 Å². The third-order valence-corrected chi connectivity index (χ3v) is 4.22. The number of rotatable bonds is 7. The summed E-state index contributed by atoms with van der Waals surface area (Å²) in [5.41, 5.74) is 1.17. The highest BCUT2D eigenvalue weighted by atomic mass is 19.1.